The molecule has 3 fully saturated rings. The summed E-state index contributed by atoms with van der Waals surface area (Å²) in [6.45, 7) is 4.02. The molecule has 0 atom stereocenters. The van der Waals surface area contributed by atoms with Crippen LogP contribution in [0.5, 0.6) is 5.75 Å². The van der Waals surface area contributed by atoms with E-state index < -0.39 is 0 Å². The number of nitrogens with zero attached hydrogens (tertiary/aromatic N) is 3. The predicted molar refractivity (Wildman–Crippen MR) is 147 cm³/mol. The van der Waals surface area contributed by atoms with Crippen LogP contribution in [-0.2, 0) is 16.8 Å². The van der Waals surface area contributed by atoms with E-state index in [2.05, 4.69) is 71.3 Å². The third-order valence-corrected chi connectivity index (χ3v) is 9.37. The average molecular weight is 506 g/mol. The summed E-state index contributed by atoms with van der Waals surface area (Å²) in [5.74, 6) is 1.50. The molecule has 2 aliphatic heterocycles. The summed E-state index contributed by atoms with van der Waals surface area (Å²) in [6, 6.07) is 19.3. The van der Waals surface area contributed by atoms with Crippen LogP contribution in [0.4, 0.5) is 4.79 Å². The Hall–Kier alpha value is -2.57. The fourth-order valence-corrected chi connectivity index (χ4v) is 6.94. The molecular weight excluding hydrogens is 462 g/mol. The highest BCUT2D eigenvalue weighted by Crippen LogP contribution is 2.49. The lowest BCUT2D eigenvalue weighted by Gasteiger charge is -2.51. The lowest BCUT2D eigenvalue weighted by atomic mass is 9.68. The standard InChI is InChI=1S/C31H43N3O3/c1-32(2)31(27-7-5-4-6-8-27)18-16-30(17-19-31)24-33(23-26-9-11-28(36-3)12-10-26)29(35)34(30)20-13-25-14-21-37-22-15-25/h4-12,25H,13-24H2,1-3H3/t30-,31+. The molecule has 0 aromatic heterocycles. The number of hydrogen-bond donors (Lipinski definition) is 0. The summed E-state index contributed by atoms with van der Waals surface area (Å²) < 4.78 is 10.9. The van der Waals surface area contributed by atoms with Crippen LogP contribution in [0, 0.1) is 5.92 Å². The molecule has 37 heavy (non-hydrogen) atoms. The van der Waals surface area contributed by atoms with E-state index in [0.717, 1.165) is 82.6 Å². The summed E-state index contributed by atoms with van der Waals surface area (Å²) in [4.78, 5) is 20.7. The Morgan fingerprint density at radius 2 is 1.65 bits per heavy atom. The van der Waals surface area contributed by atoms with Crippen LogP contribution in [-0.4, -0.2) is 73.8 Å². The largest absolute Gasteiger partial charge is 0.497 e. The third kappa shape index (κ3) is 5.23. The monoisotopic (exact) mass is 505 g/mol. The van der Waals surface area contributed by atoms with Gasteiger partial charge in [0.1, 0.15) is 5.75 Å². The third-order valence-electron chi connectivity index (χ3n) is 9.37. The molecule has 6 nitrogen and oxygen atoms in total. The SMILES string of the molecule is COc1ccc(CN2C[C@]3(CC[C@](c4ccccc4)(N(C)C)CC3)N(CCC3CCOCC3)C2=O)cc1. The van der Waals surface area contributed by atoms with Gasteiger partial charge in [-0.25, -0.2) is 4.79 Å². The minimum Gasteiger partial charge on any atom is -0.497 e. The zero-order valence-corrected chi connectivity index (χ0v) is 22.8. The lowest BCUT2D eigenvalue weighted by molar-refractivity contribution is 0.0187. The van der Waals surface area contributed by atoms with Gasteiger partial charge >= 0.3 is 6.03 Å². The Labute approximate surface area is 222 Å². The molecule has 0 unspecified atom stereocenters. The average Bonchev–Trinajstić information content (AvgIpc) is 3.19. The van der Waals surface area contributed by atoms with E-state index in [0.29, 0.717) is 12.5 Å². The fourth-order valence-electron chi connectivity index (χ4n) is 6.94. The van der Waals surface area contributed by atoms with E-state index in [9.17, 15) is 4.79 Å². The number of urea groups is 1. The smallest absolute Gasteiger partial charge is 0.320 e. The highest BCUT2D eigenvalue weighted by Gasteiger charge is 2.54. The summed E-state index contributed by atoms with van der Waals surface area (Å²) in [7, 11) is 6.11. The number of carbonyl (C=O) groups excluding carboxylic acids is 1. The number of rotatable bonds is 8. The van der Waals surface area contributed by atoms with Gasteiger partial charge in [0, 0.05) is 38.4 Å². The number of benzene rings is 2. The molecule has 1 aliphatic carbocycles. The van der Waals surface area contributed by atoms with Crippen molar-refractivity contribution in [1.29, 1.82) is 0 Å². The van der Waals surface area contributed by atoms with Gasteiger partial charge in [0.15, 0.2) is 0 Å². The van der Waals surface area contributed by atoms with Crippen molar-refractivity contribution in [2.75, 3.05) is 47.5 Å². The minimum absolute atomic E-state index is 0.0192. The molecule has 0 radical (unpaired) electrons. The minimum atomic E-state index is -0.0942. The lowest BCUT2D eigenvalue weighted by Crippen LogP contribution is -2.55. The highest BCUT2D eigenvalue weighted by molar-refractivity contribution is 5.78. The van der Waals surface area contributed by atoms with Gasteiger partial charge in [-0.1, -0.05) is 42.5 Å². The fraction of sp³-hybridized carbons (Fsp3) is 0.581. The van der Waals surface area contributed by atoms with Crippen LogP contribution < -0.4 is 4.74 Å². The molecule has 2 aromatic rings. The van der Waals surface area contributed by atoms with E-state index >= 15 is 0 Å². The molecule has 2 aromatic carbocycles. The van der Waals surface area contributed by atoms with Gasteiger partial charge in [0.2, 0.25) is 0 Å². The maximum atomic E-state index is 13.9. The van der Waals surface area contributed by atoms with E-state index in [1.54, 1.807) is 7.11 Å². The van der Waals surface area contributed by atoms with Crippen LogP contribution in [0.1, 0.15) is 56.1 Å². The zero-order chi connectivity index (χ0) is 25.9. The molecule has 0 N–H and O–H groups in total. The Kier molecular flexibility index (Phi) is 7.77. The van der Waals surface area contributed by atoms with Crippen molar-refractivity contribution >= 4 is 6.03 Å². The molecule has 2 saturated heterocycles. The van der Waals surface area contributed by atoms with Gasteiger partial charge in [-0.3, -0.25) is 4.90 Å². The number of methoxy groups -OCH3 is 1. The van der Waals surface area contributed by atoms with Crippen LogP contribution in [0.15, 0.2) is 54.6 Å². The van der Waals surface area contributed by atoms with Gasteiger partial charge in [0.05, 0.1) is 12.6 Å². The molecular formula is C31H43N3O3. The van der Waals surface area contributed by atoms with E-state index in [-0.39, 0.29) is 17.1 Å². The molecule has 6 heteroatoms. The molecule has 200 valence electrons. The summed E-state index contributed by atoms with van der Waals surface area (Å²) in [5, 5.41) is 0. The van der Waals surface area contributed by atoms with E-state index in [1.165, 1.54) is 5.56 Å². The summed E-state index contributed by atoms with van der Waals surface area (Å²) in [6.07, 6.45) is 7.47. The normalized spacial score (nSPS) is 26.9. The number of ether oxygens (including phenoxy) is 2. The Morgan fingerprint density at radius 3 is 2.27 bits per heavy atom. The van der Waals surface area contributed by atoms with E-state index in [4.69, 9.17) is 9.47 Å². The first-order chi connectivity index (χ1) is 18.0. The first kappa shape index (κ1) is 26.1. The quantitative estimate of drug-likeness (QED) is 0.474. The summed E-state index contributed by atoms with van der Waals surface area (Å²) in [5.41, 5.74) is 2.47. The van der Waals surface area contributed by atoms with Crippen molar-refractivity contribution in [2.24, 2.45) is 5.92 Å². The van der Waals surface area contributed by atoms with Crippen LogP contribution >= 0.6 is 0 Å². The van der Waals surface area contributed by atoms with Crippen molar-refractivity contribution in [3.63, 3.8) is 0 Å². The van der Waals surface area contributed by atoms with Crippen molar-refractivity contribution in [1.82, 2.24) is 14.7 Å². The molecule has 5 rings (SSSR count). The molecule has 1 spiro atoms. The first-order valence-electron chi connectivity index (χ1n) is 14.0. The number of hydrogen-bond acceptors (Lipinski definition) is 4. The van der Waals surface area contributed by atoms with Crippen LogP contribution in [0.2, 0.25) is 0 Å². The number of carbonyl (C=O) groups is 1. The molecule has 2 heterocycles. The topological polar surface area (TPSA) is 45.2 Å². The molecule has 1 saturated carbocycles. The second-order valence-corrected chi connectivity index (χ2v) is 11.5. The van der Waals surface area contributed by atoms with Gasteiger partial charge < -0.3 is 19.3 Å². The zero-order valence-electron chi connectivity index (χ0n) is 22.8. The predicted octanol–water partition coefficient (Wildman–Crippen LogP) is 5.52. The van der Waals surface area contributed by atoms with Crippen molar-refractivity contribution in [3.05, 3.63) is 65.7 Å². The molecule has 3 aliphatic rings. The Morgan fingerprint density at radius 1 is 0.973 bits per heavy atom. The number of amides is 2. The Bertz CT molecular complexity index is 1030. The van der Waals surface area contributed by atoms with Crippen LogP contribution in [0.3, 0.4) is 0 Å². The van der Waals surface area contributed by atoms with Gasteiger partial charge in [-0.15, -0.1) is 0 Å². The second kappa shape index (κ2) is 11.0. The van der Waals surface area contributed by atoms with Crippen LogP contribution in [0.25, 0.3) is 0 Å². The van der Waals surface area contributed by atoms with Crippen molar-refractivity contribution < 1.29 is 14.3 Å². The summed E-state index contributed by atoms with van der Waals surface area (Å²) >= 11 is 0. The van der Waals surface area contributed by atoms with Gasteiger partial charge in [0.25, 0.3) is 0 Å². The second-order valence-electron chi connectivity index (χ2n) is 11.5. The molecule has 0 bridgehead atoms. The Balaban J connectivity index is 1.37. The van der Waals surface area contributed by atoms with Crippen molar-refractivity contribution in [2.45, 2.75) is 62.6 Å². The highest BCUT2D eigenvalue weighted by atomic mass is 16.5. The maximum Gasteiger partial charge on any atom is 0.320 e. The van der Waals surface area contributed by atoms with E-state index in [1.807, 2.05) is 12.1 Å². The van der Waals surface area contributed by atoms with Gasteiger partial charge in [-0.05, 0) is 88.2 Å². The maximum absolute atomic E-state index is 13.9. The molecule has 2 amide bonds. The first-order valence-corrected chi connectivity index (χ1v) is 14.0. The van der Waals surface area contributed by atoms with Gasteiger partial charge in [-0.2, -0.15) is 0 Å². The van der Waals surface area contributed by atoms with Crippen molar-refractivity contribution in [3.8, 4) is 5.75 Å².